The fourth-order valence-electron chi connectivity index (χ4n) is 4.21. The molecular formula is C19H23ClN2O3. The van der Waals surface area contributed by atoms with Crippen LogP contribution in [0, 0.1) is 11.8 Å². The Balaban J connectivity index is 1.29. The number of nitrogens with one attached hydrogen (secondary N) is 1. The van der Waals surface area contributed by atoms with Crippen molar-refractivity contribution < 1.29 is 14.3 Å². The lowest BCUT2D eigenvalue weighted by Crippen LogP contribution is -2.55. The molecule has 1 aliphatic carbocycles. The van der Waals surface area contributed by atoms with E-state index in [0.717, 1.165) is 19.4 Å². The van der Waals surface area contributed by atoms with Gasteiger partial charge in [-0.1, -0.05) is 23.7 Å². The van der Waals surface area contributed by atoms with Crippen molar-refractivity contribution in [3.63, 3.8) is 0 Å². The Hall–Kier alpha value is -1.59. The first kappa shape index (κ1) is 16.9. The Morgan fingerprint density at radius 2 is 1.92 bits per heavy atom. The third-order valence-electron chi connectivity index (χ3n) is 5.85. The number of carbonyl (C=O) groups excluding carboxylic acids is 2. The van der Waals surface area contributed by atoms with Crippen LogP contribution in [0.15, 0.2) is 24.3 Å². The van der Waals surface area contributed by atoms with E-state index < -0.39 is 0 Å². The lowest BCUT2D eigenvalue weighted by atomic mass is 9.76. The molecule has 1 N–H and O–H groups in total. The molecule has 25 heavy (non-hydrogen) atoms. The molecule has 1 aromatic rings. The summed E-state index contributed by atoms with van der Waals surface area (Å²) in [5.41, 5.74) is 0.536. The van der Waals surface area contributed by atoms with Crippen LogP contribution in [0.1, 0.15) is 36.0 Å². The van der Waals surface area contributed by atoms with E-state index in [0.29, 0.717) is 48.5 Å². The molecule has 3 fully saturated rings. The van der Waals surface area contributed by atoms with Crippen LogP contribution >= 0.6 is 11.6 Å². The van der Waals surface area contributed by atoms with Gasteiger partial charge in [0.15, 0.2) is 0 Å². The highest BCUT2D eigenvalue weighted by Gasteiger charge is 2.46. The Morgan fingerprint density at radius 1 is 1.16 bits per heavy atom. The number of halogens is 1. The maximum atomic E-state index is 12.6. The molecule has 2 aliphatic heterocycles. The van der Waals surface area contributed by atoms with Gasteiger partial charge in [0.25, 0.3) is 5.91 Å². The van der Waals surface area contributed by atoms with Gasteiger partial charge in [0.1, 0.15) is 0 Å². The highest BCUT2D eigenvalue weighted by Crippen LogP contribution is 2.38. The van der Waals surface area contributed by atoms with Crippen LogP contribution in [0.3, 0.4) is 0 Å². The van der Waals surface area contributed by atoms with Crippen molar-refractivity contribution in [2.75, 3.05) is 19.7 Å². The van der Waals surface area contributed by atoms with E-state index in [1.807, 2.05) is 12.1 Å². The Kier molecular flexibility index (Phi) is 4.69. The lowest BCUT2D eigenvalue weighted by Gasteiger charge is -2.40. The number of nitrogens with zero attached hydrogens (tertiary/aromatic N) is 1. The summed E-state index contributed by atoms with van der Waals surface area (Å²) in [6.45, 7) is 2.02. The first-order chi connectivity index (χ1) is 12.1. The predicted molar refractivity (Wildman–Crippen MR) is 94.5 cm³/mol. The molecule has 2 amide bonds. The minimum atomic E-state index is -0.0469. The van der Waals surface area contributed by atoms with Crippen molar-refractivity contribution in [1.82, 2.24) is 10.2 Å². The molecule has 0 radical (unpaired) electrons. The van der Waals surface area contributed by atoms with E-state index in [1.165, 1.54) is 0 Å². The molecule has 1 saturated carbocycles. The van der Waals surface area contributed by atoms with Crippen LogP contribution in [0.4, 0.5) is 0 Å². The van der Waals surface area contributed by atoms with E-state index in [1.54, 1.807) is 17.0 Å². The summed E-state index contributed by atoms with van der Waals surface area (Å²) in [5, 5.41) is 3.68. The molecule has 2 heterocycles. The third-order valence-corrected chi connectivity index (χ3v) is 6.18. The second-order valence-corrected chi connectivity index (χ2v) is 7.67. The van der Waals surface area contributed by atoms with Crippen LogP contribution in [-0.2, 0) is 9.53 Å². The van der Waals surface area contributed by atoms with Gasteiger partial charge in [-0.2, -0.15) is 0 Å². The number of carbonyl (C=O) groups is 2. The van der Waals surface area contributed by atoms with Gasteiger partial charge in [-0.05, 0) is 37.8 Å². The first-order valence-corrected chi connectivity index (χ1v) is 9.47. The largest absolute Gasteiger partial charge is 0.378 e. The molecule has 134 valence electrons. The maximum Gasteiger partial charge on any atom is 0.255 e. The van der Waals surface area contributed by atoms with E-state index >= 15 is 0 Å². The minimum Gasteiger partial charge on any atom is -0.378 e. The molecule has 4 rings (SSSR count). The topological polar surface area (TPSA) is 58.6 Å². The van der Waals surface area contributed by atoms with Crippen molar-refractivity contribution in [2.24, 2.45) is 11.8 Å². The van der Waals surface area contributed by atoms with Crippen molar-refractivity contribution in [2.45, 2.75) is 37.8 Å². The highest BCUT2D eigenvalue weighted by atomic mass is 35.5. The maximum absolute atomic E-state index is 12.6. The fourth-order valence-corrected chi connectivity index (χ4v) is 4.43. The van der Waals surface area contributed by atoms with Gasteiger partial charge >= 0.3 is 0 Å². The summed E-state index contributed by atoms with van der Waals surface area (Å²) < 4.78 is 5.60. The zero-order valence-electron chi connectivity index (χ0n) is 14.1. The molecular weight excluding hydrogens is 340 g/mol. The normalized spacial score (nSPS) is 29.0. The molecule has 0 aromatic heterocycles. The van der Waals surface area contributed by atoms with Crippen molar-refractivity contribution in [1.29, 1.82) is 0 Å². The SMILES string of the molecule is O=C(N[C@H]1C[C@@H]2OCC[C@H]12)C1CCN(C(=O)c2ccccc2Cl)CC1. The summed E-state index contributed by atoms with van der Waals surface area (Å²) in [7, 11) is 0. The summed E-state index contributed by atoms with van der Waals surface area (Å²) in [5.74, 6) is 0.595. The number of likely N-dealkylation sites (tertiary alicyclic amines) is 1. The summed E-state index contributed by atoms with van der Waals surface area (Å²) in [4.78, 5) is 26.9. The number of piperidine rings is 1. The van der Waals surface area contributed by atoms with Crippen LogP contribution in [0.2, 0.25) is 5.02 Å². The van der Waals surface area contributed by atoms with Crippen LogP contribution in [0.25, 0.3) is 0 Å². The Bertz CT molecular complexity index is 672. The monoisotopic (exact) mass is 362 g/mol. The number of benzene rings is 1. The van der Waals surface area contributed by atoms with Gasteiger partial charge in [-0.15, -0.1) is 0 Å². The zero-order chi connectivity index (χ0) is 17.4. The number of hydrogen-bond donors (Lipinski definition) is 1. The van der Waals surface area contributed by atoms with Gasteiger partial charge in [0, 0.05) is 37.6 Å². The fraction of sp³-hybridized carbons (Fsp3) is 0.579. The smallest absolute Gasteiger partial charge is 0.255 e. The Morgan fingerprint density at radius 3 is 2.64 bits per heavy atom. The number of fused-ring (bicyclic) bond motifs is 1. The molecule has 5 nitrogen and oxygen atoms in total. The number of ether oxygens (including phenoxy) is 1. The molecule has 3 aliphatic rings. The standard InChI is InChI=1S/C19H23ClN2O3/c20-15-4-2-1-3-13(15)19(24)22-8-5-12(6-9-22)18(23)21-16-11-17-14(16)7-10-25-17/h1-4,12,14,16-17H,5-11H2,(H,21,23)/t14-,16+,17+/m1/s1. The first-order valence-electron chi connectivity index (χ1n) is 9.09. The summed E-state index contributed by atoms with van der Waals surface area (Å²) >= 11 is 6.12. The second-order valence-electron chi connectivity index (χ2n) is 7.26. The predicted octanol–water partition coefficient (Wildman–Crippen LogP) is 2.49. The van der Waals surface area contributed by atoms with Crippen LogP contribution < -0.4 is 5.32 Å². The van der Waals surface area contributed by atoms with Crippen LogP contribution in [0.5, 0.6) is 0 Å². The third kappa shape index (κ3) is 3.27. The summed E-state index contributed by atoms with van der Waals surface area (Å²) in [6, 6.07) is 7.39. The molecule has 1 aromatic carbocycles. The molecule has 0 unspecified atom stereocenters. The second kappa shape index (κ2) is 6.96. The molecule has 0 bridgehead atoms. The van der Waals surface area contributed by atoms with Gasteiger partial charge in [-0.25, -0.2) is 0 Å². The number of rotatable bonds is 3. The van der Waals surface area contributed by atoms with Crippen LogP contribution in [-0.4, -0.2) is 48.6 Å². The minimum absolute atomic E-state index is 0.00309. The van der Waals surface area contributed by atoms with E-state index in [2.05, 4.69) is 5.32 Å². The number of hydrogen-bond acceptors (Lipinski definition) is 3. The van der Waals surface area contributed by atoms with Gasteiger partial charge in [0.05, 0.1) is 16.7 Å². The number of amides is 2. The Labute approximate surface area is 152 Å². The van der Waals surface area contributed by atoms with Crippen molar-refractivity contribution in [3.8, 4) is 0 Å². The van der Waals surface area contributed by atoms with Crippen molar-refractivity contribution in [3.05, 3.63) is 34.9 Å². The van der Waals surface area contributed by atoms with E-state index in [-0.39, 0.29) is 23.8 Å². The van der Waals surface area contributed by atoms with E-state index in [9.17, 15) is 9.59 Å². The van der Waals surface area contributed by atoms with E-state index in [4.69, 9.17) is 16.3 Å². The quantitative estimate of drug-likeness (QED) is 0.898. The van der Waals surface area contributed by atoms with Gasteiger partial charge < -0.3 is 15.0 Å². The zero-order valence-corrected chi connectivity index (χ0v) is 14.9. The van der Waals surface area contributed by atoms with Gasteiger partial charge in [0.2, 0.25) is 5.91 Å². The molecule has 6 heteroatoms. The van der Waals surface area contributed by atoms with Crippen molar-refractivity contribution >= 4 is 23.4 Å². The molecule has 3 atom stereocenters. The summed E-state index contributed by atoms with van der Waals surface area (Å²) in [6.07, 6.45) is 3.78. The lowest BCUT2D eigenvalue weighted by molar-refractivity contribution is -0.129. The molecule has 2 saturated heterocycles. The average Bonchev–Trinajstić information content (AvgIpc) is 3.00. The average molecular weight is 363 g/mol. The van der Waals surface area contributed by atoms with Gasteiger partial charge in [-0.3, -0.25) is 9.59 Å². The highest BCUT2D eigenvalue weighted by molar-refractivity contribution is 6.33. The molecule has 0 spiro atoms.